The summed E-state index contributed by atoms with van der Waals surface area (Å²) in [5.74, 6) is 0.630. The van der Waals surface area contributed by atoms with Gasteiger partial charge < -0.3 is 4.57 Å². The fourth-order valence-electron chi connectivity index (χ4n) is 2.41. The first-order valence-corrected chi connectivity index (χ1v) is 9.00. The Kier molecular flexibility index (Phi) is 6.30. The summed E-state index contributed by atoms with van der Waals surface area (Å²) < 4.78 is 29.3. The first-order chi connectivity index (χ1) is 10.2. The molecule has 2 rings (SSSR count). The molecule has 21 heavy (non-hydrogen) atoms. The number of aromatic nitrogens is 2. The number of hydrogen-bond donors (Lipinski definition) is 0. The van der Waals surface area contributed by atoms with Crippen LogP contribution in [0.1, 0.15) is 25.1 Å². The van der Waals surface area contributed by atoms with E-state index in [1.54, 1.807) is 4.57 Å². The van der Waals surface area contributed by atoms with Gasteiger partial charge in [0.05, 0.1) is 5.52 Å². The van der Waals surface area contributed by atoms with Gasteiger partial charge in [-0.1, -0.05) is 6.42 Å². The highest BCUT2D eigenvalue weighted by atomic mass is 35.5. The number of hydrogen-bond acceptors (Lipinski definition) is 2. The third-order valence-corrected chi connectivity index (χ3v) is 4.31. The molecular weight excluding hydrogens is 314 g/mol. The van der Waals surface area contributed by atoms with Crippen molar-refractivity contribution in [2.24, 2.45) is 0 Å². The minimum absolute atomic E-state index is 0.264. The van der Waals surface area contributed by atoms with Crippen molar-refractivity contribution >= 4 is 34.4 Å². The van der Waals surface area contributed by atoms with Crippen LogP contribution in [0.25, 0.3) is 11.0 Å². The van der Waals surface area contributed by atoms with Gasteiger partial charge in [-0.05, 0) is 37.0 Å². The number of unbranched alkanes of at least 4 members (excludes halogenated alkanes) is 2. The number of imidazole rings is 1. The van der Waals surface area contributed by atoms with E-state index >= 15 is 0 Å². The van der Waals surface area contributed by atoms with Crippen LogP contribution in [0.2, 0.25) is 0 Å². The van der Waals surface area contributed by atoms with Crippen LogP contribution in [0.3, 0.4) is 0 Å². The topological polar surface area (TPSA) is 17.8 Å². The average Bonchev–Trinajstić information content (AvgIpc) is 2.82. The standard InChI is InChI=1S/C15H19ClF2N2S/c1-21-10-4-2-3-9-20-13(7-8-16)19-12-6-5-11(17)14(18)15(12)20/h5-6H,2-4,7-10H2,1H3. The molecule has 1 aromatic carbocycles. The third-order valence-electron chi connectivity index (χ3n) is 3.43. The van der Waals surface area contributed by atoms with Crippen LogP contribution in [0.5, 0.6) is 0 Å². The minimum Gasteiger partial charge on any atom is -0.325 e. The highest BCUT2D eigenvalue weighted by molar-refractivity contribution is 7.98. The first-order valence-electron chi connectivity index (χ1n) is 7.07. The molecule has 0 atom stereocenters. The van der Waals surface area contributed by atoms with Crippen molar-refractivity contribution in [3.05, 3.63) is 29.6 Å². The van der Waals surface area contributed by atoms with Gasteiger partial charge in [0.25, 0.3) is 0 Å². The van der Waals surface area contributed by atoms with E-state index in [0.29, 0.717) is 24.4 Å². The third kappa shape index (κ3) is 3.89. The predicted octanol–water partition coefficient (Wildman–Crippen LogP) is 4.63. The summed E-state index contributed by atoms with van der Waals surface area (Å²) in [4.78, 5) is 4.39. The number of rotatable bonds is 8. The lowest BCUT2D eigenvalue weighted by Crippen LogP contribution is -2.06. The van der Waals surface area contributed by atoms with E-state index in [2.05, 4.69) is 11.2 Å². The van der Waals surface area contributed by atoms with E-state index in [1.165, 1.54) is 6.07 Å². The Balaban J connectivity index is 2.25. The second-order valence-electron chi connectivity index (χ2n) is 4.90. The molecule has 0 fully saturated rings. The molecule has 0 spiro atoms. The number of aryl methyl sites for hydroxylation is 2. The lowest BCUT2D eigenvalue weighted by molar-refractivity contribution is 0.507. The normalized spacial score (nSPS) is 11.4. The maximum atomic E-state index is 14.1. The molecule has 116 valence electrons. The number of fused-ring (bicyclic) bond motifs is 1. The van der Waals surface area contributed by atoms with Crippen LogP contribution >= 0.6 is 23.4 Å². The van der Waals surface area contributed by atoms with E-state index in [4.69, 9.17) is 11.6 Å². The number of benzene rings is 1. The molecule has 0 radical (unpaired) electrons. The first kappa shape index (κ1) is 16.6. The quantitative estimate of drug-likeness (QED) is 0.518. The van der Waals surface area contributed by atoms with Crippen LogP contribution in [0.4, 0.5) is 8.78 Å². The van der Waals surface area contributed by atoms with Crippen LogP contribution in [0.15, 0.2) is 12.1 Å². The smallest absolute Gasteiger partial charge is 0.184 e. The Morgan fingerprint density at radius 2 is 2.05 bits per heavy atom. The lowest BCUT2D eigenvalue weighted by atomic mass is 10.2. The van der Waals surface area contributed by atoms with Crippen LogP contribution in [-0.4, -0.2) is 27.4 Å². The van der Waals surface area contributed by atoms with Crippen LogP contribution < -0.4 is 0 Å². The molecule has 0 saturated heterocycles. The Bertz CT molecular complexity index is 601. The van der Waals surface area contributed by atoms with E-state index in [-0.39, 0.29) is 5.52 Å². The van der Waals surface area contributed by atoms with Gasteiger partial charge in [-0.25, -0.2) is 13.8 Å². The highest BCUT2D eigenvalue weighted by Gasteiger charge is 2.16. The van der Waals surface area contributed by atoms with Crippen LogP contribution in [-0.2, 0) is 13.0 Å². The molecule has 0 aliphatic heterocycles. The van der Waals surface area contributed by atoms with Gasteiger partial charge in [0.1, 0.15) is 11.3 Å². The molecule has 2 nitrogen and oxygen atoms in total. The highest BCUT2D eigenvalue weighted by Crippen LogP contribution is 2.23. The summed E-state index contributed by atoms with van der Waals surface area (Å²) in [5, 5.41) is 0. The fraction of sp³-hybridized carbons (Fsp3) is 0.533. The van der Waals surface area contributed by atoms with Gasteiger partial charge in [-0.2, -0.15) is 11.8 Å². The fourth-order valence-corrected chi connectivity index (χ4v) is 3.08. The van der Waals surface area contributed by atoms with Crippen molar-refractivity contribution in [3.8, 4) is 0 Å². The Morgan fingerprint density at radius 1 is 1.24 bits per heavy atom. The van der Waals surface area contributed by atoms with Crippen molar-refractivity contribution in [3.63, 3.8) is 0 Å². The summed E-state index contributed by atoms with van der Waals surface area (Å²) in [6.45, 7) is 0.650. The largest absolute Gasteiger partial charge is 0.325 e. The molecule has 6 heteroatoms. The number of nitrogens with zero attached hydrogens (tertiary/aromatic N) is 2. The molecule has 0 bridgehead atoms. The molecule has 0 aliphatic carbocycles. The summed E-state index contributed by atoms with van der Waals surface area (Å²) in [6, 6.07) is 2.65. The summed E-state index contributed by atoms with van der Waals surface area (Å²) >= 11 is 7.61. The second-order valence-corrected chi connectivity index (χ2v) is 6.26. The van der Waals surface area contributed by atoms with E-state index in [0.717, 1.165) is 36.9 Å². The van der Waals surface area contributed by atoms with E-state index in [1.807, 2.05) is 11.8 Å². The number of alkyl halides is 1. The van der Waals surface area contributed by atoms with Crippen LogP contribution in [0, 0.1) is 11.6 Å². The van der Waals surface area contributed by atoms with Gasteiger partial charge in [0.15, 0.2) is 11.6 Å². The van der Waals surface area contributed by atoms with Gasteiger partial charge in [0, 0.05) is 18.8 Å². The lowest BCUT2D eigenvalue weighted by Gasteiger charge is -2.09. The van der Waals surface area contributed by atoms with Gasteiger partial charge >= 0.3 is 0 Å². The second kappa shape index (κ2) is 7.99. The molecular formula is C15H19ClF2N2S. The molecule has 0 unspecified atom stereocenters. The average molecular weight is 333 g/mol. The molecule has 0 saturated carbocycles. The maximum absolute atomic E-state index is 14.1. The van der Waals surface area contributed by atoms with Gasteiger partial charge in [0.2, 0.25) is 0 Å². The summed E-state index contributed by atoms with van der Waals surface area (Å²) in [7, 11) is 0. The zero-order valence-electron chi connectivity index (χ0n) is 12.0. The SMILES string of the molecule is CSCCCCCn1c(CCCl)nc2ccc(F)c(F)c21. The Hall–Kier alpha value is -0.810. The summed E-state index contributed by atoms with van der Waals surface area (Å²) in [6.07, 6.45) is 5.77. The Labute approximate surface area is 132 Å². The van der Waals surface area contributed by atoms with Crippen molar-refractivity contribution in [2.45, 2.75) is 32.2 Å². The van der Waals surface area contributed by atoms with Gasteiger partial charge in [-0.15, -0.1) is 11.6 Å². The molecule has 0 N–H and O–H groups in total. The van der Waals surface area contributed by atoms with E-state index < -0.39 is 11.6 Å². The molecule has 1 heterocycles. The predicted molar refractivity (Wildman–Crippen MR) is 86.3 cm³/mol. The molecule has 1 aromatic heterocycles. The zero-order chi connectivity index (χ0) is 15.2. The summed E-state index contributed by atoms with van der Waals surface area (Å²) in [5.41, 5.74) is 0.762. The van der Waals surface area contributed by atoms with Crippen molar-refractivity contribution in [2.75, 3.05) is 17.9 Å². The molecule has 2 aromatic rings. The van der Waals surface area contributed by atoms with Crippen molar-refractivity contribution < 1.29 is 8.78 Å². The number of thioether (sulfide) groups is 1. The maximum Gasteiger partial charge on any atom is 0.184 e. The minimum atomic E-state index is -0.830. The Morgan fingerprint density at radius 3 is 2.76 bits per heavy atom. The molecule has 0 amide bonds. The monoisotopic (exact) mass is 332 g/mol. The molecule has 0 aliphatic rings. The van der Waals surface area contributed by atoms with Crippen molar-refractivity contribution in [1.29, 1.82) is 0 Å². The van der Waals surface area contributed by atoms with Gasteiger partial charge in [-0.3, -0.25) is 0 Å². The zero-order valence-corrected chi connectivity index (χ0v) is 13.6. The number of halogens is 3. The van der Waals surface area contributed by atoms with E-state index in [9.17, 15) is 8.78 Å². The van der Waals surface area contributed by atoms with Crippen molar-refractivity contribution in [1.82, 2.24) is 9.55 Å².